The highest BCUT2D eigenvalue weighted by Gasteiger charge is 2.37. The van der Waals surface area contributed by atoms with Crippen LogP contribution in [-0.4, -0.2) is 42.2 Å². The molecule has 0 aromatic heterocycles. The van der Waals surface area contributed by atoms with Crippen LogP contribution in [0.3, 0.4) is 0 Å². The lowest BCUT2D eigenvalue weighted by Gasteiger charge is -2.14. The van der Waals surface area contributed by atoms with Crippen molar-refractivity contribution >= 4 is 41.0 Å². The Bertz CT molecular complexity index is 1110. The van der Waals surface area contributed by atoms with Crippen molar-refractivity contribution in [1.82, 2.24) is 5.32 Å². The molecule has 0 radical (unpaired) electrons. The van der Waals surface area contributed by atoms with Gasteiger partial charge in [0.05, 0.1) is 22.4 Å². The molecule has 0 bridgehead atoms. The largest absolute Gasteiger partial charge is 0.452 e. The Morgan fingerprint density at radius 3 is 2.18 bits per heavy atom. The third kappa shape index (κ3) is 5.25. The molecular weight excluding hydrogens is 426 g/mol. The minimum atomic E-state index is -0.768. The molecule has 0 spiro atoms. The summed E-state index contributed by atoms with van der Waals surface area (Å²) in [5.41, 5.74) is 1.16. The molecule has 1 aliphatic rings. The Labute approximate surface area is 191 Å². The molecule has 0 saturated carbocycles. The quantitative estimate of drug-likeness (QED) is 0.470. The summed E-state index contributed by atoms with van der Waals surface area (Å²) in [5, 5.41) is 5.38. The van der Waals surface area contributed by atoms with E-state index < -0.39 is 30.3 Å². The van der Waals surface area contributed by atoms with Gasteiger partial charge < -0.3 is 15.4 Å². The zero-order chi connectivity index (χ0) is 24.1. The van der Waals surface area contributed by atoms with Gasteiger partial charge >= 0.3 is 5.97 Å². The van der Waals surface area contributed by atoms with E-state index >= 15 is 0 Å². The first kappa shape index (κ1) is 23.6. The maximum absolute atomic E-state index is 12.9. The van der Waals surface area contributed by atoms with Crippen molar-refractivity contribution < 1.29 is 28.7 Å². The number of nitrogens with one attached hydrogen (secondary N) is 2. The first-order valence-corrected chi connectivity index (χ1v) is 10.6. The van der Waals surface area contributed by atoms with E-state index in [2.05, 4.69) is 10.6 Å². The highest BCUT2D eigenvalue weighted by atomic mass is 16.5. The molecule has 1 heterocycles. The van der Waals surface area contributed by atoms with Crippen molar-refractivity contribution in [3.8, 4) is 0 Å². The summed E-state index contributed by atoms with van der Waals surface area (Å²) < 4.78 is 5.06. The summed E-state index contributed by atoms with van der Waals surface area (Å²) in [4.78, 5) is 62.2. The van der Waals surface area contributed by atoms with Gasteiger partial charge in [0.2, 0.25) is 5.91 Å². The van der Waals surface area contributed by atoms with Crippen LogP contribution >= 0.6 is 0 Å². The zero-order valence-corrected chi connectivity index (χ0v) is 18.6. The molecule has 33 heavy (non-hydrogen) atoms. The van der Waals surface area contributed by atoms with Gasteiger partial charge in [-0.2, -0.15) is 0 Å². The predicted octanol–water partition coefficient (Wildman–Crippen LogP) is 2.91. The van der Waals surface area contributed by atoms with E-state index in [9.17, 15) is 24.0 Å². The minimum absolute atomic E-state index is 0.0121. The molecular formula is C24H25N3O6. The number of carbonyl (C=O) groups excluding carboxylic acids is 5. The number of hydrogen-bond donors (Lipinski definition) is 2. The summed E-state index contributed by atoms with van der Waals surface area (Å²) in [6, 6.07) is 10.3. The summed E-state index contributed by atoms with van der Waals surface area (Å²) in [6.07, 6.45) is 1.53. The monoisotopic (exact) mass is 451 g/mol. The molecule has 1 aliphatic heterocycles. The van der Waals surface area contributed by atoms with Crippen molar-refractivity contribution in [2.75, 3.05) is 16.8 Å². The summed E-state index contributed by atoms with van der Waals surface area (Å²) >= 11 is 0. The third-order valence-electron chi connectivity index (χ3n) is 5.25. The standard InChI is InChI=1S/C24H25N3O6/c1-4-16(5-2)26-21(29)13-33-24(32)15-6-11-19-20(12-15)23(31)27(22(19)30)18-9-7-17(8-10-18)25-14(3)28/h6-12,16H,4-5,13H2,1-3H3,(H,25,28)(H,26,29). The number of esters is 1. The number of nitrogens with zero attached hydrogens (tertiary/aromatic N) is 1. The van der Waals surface area contributed by atoms with E-state index in [0.717, 1.165) is 17.7 Å². The molecule has 2 aromatic rings. The molecule has 0 saturated heterocycles. The molecule has 9 nitrogen and oxygen atoms in total. The van der Waals surface area contributed by atoms with Crippen LogP contribution in [0.5, 0.6) is 0 Å². The third-order valence-corrected chi connectivity index (χ3v) is 5.25. The molecule has 4 amide bonds. The molecule has 0 aliphatic carbocycles. The van der Waals surface area contributed by atoms with E-state index in [1.807, 2.05) is 13.8 Å². The highest BCUT2D eigenvalue weighted by molar-refractivity contribution is 6.34. The van der Waals surface area contributed by atoms with Crippen molar-refractivity contribution in [2.45, 2.75) is 39.7 Å². The molecule has 2 N–H and O–H groups in total. The Balaban J connectivity index is 1.71. The van der Waals surface area contributed by atoms with Crippen LogP contribution in [0.1, 0.15) is 64.7 Å². The van der Waals surface area contributed by atoms with Crippen LogP contribution in [0.15, 0.2) is 42.5 Å². The molecule has 9 heteroatoms. The number of ether oxygens (including phenoxy) is 1. The number of anilines is 2. The van der Waals surface area contributed by atoms with Crippen LogP contribution in [0.4, 0.5) is 11.4 Å². The summed E-state index contributed by atoms with van der Waals surface area (Å²) in [6.45, 7) is 4.83. The number of benzene rings is 2. The maximum Gasteiger partial charge on any atom is 0.338 e. The smallest absolute Gasteiger partial charge is 0.338 e. The second kappa shape index (κ2) is 10.1. The van der Waals surface area contributed by atoms with E-state index in [4.69, 9.17) is 4.74 Å². The van der Waals surface area contributed by atoms with E-state index in [1.54, 1.807) is 24.3 Å². The molecule has 3 rings (SSSR count). The maximum atomic E-state index is 12.9. The Kier molecular flexibility index (Phi) is 7.22. The first-order valence-electron chi connectivity index (χ1n) is 10.6. The number of rotatable bonds is 8. The van der Waals surface area contributed by atoms with Gasteiger partial charge in [0.15, 0.2) is 6.61 Å². The van der Waals surface area contributed by atoms with Crippen LogP contribution < -0.4 is 15.5 Å². The topological polar surface area (TPSA) is 122 Å². The van der Waals surface area contributed by atoms with Gasteiger partial charge in [-0.3, -0.25) is 19.2 Å². The van der Waals surface area contributed by atoms with Crippen molar-refractivity contribution in [2.24, 2.45) is 0 Å². The van der Waals surface area contributed by atoms with Gasteiger partial charge in [0, 0.05) is 18.7 Å². The number of hydrogen-bond acceptors (Lipinski definition) is 6. The minimum Gasteiger partial charge on any atom is -0.452 e. The lowest BCUT2D eigenvalue weighted by Crippen LogP contribution is -2.36. The average Bonchev–Trinajstić information content (AvgIpc) is 3.05. The normalized spacial score (nSPS) is 12.5. The highest BCUT2D eigenvalue weighted by Crippen LogP contribution is 2.30. The second-order valence-corrected chi connectivity index (χ2v) is 7.59. The van der Waals surface area contributed by atoms with E-state index in [0.29, 0.717) is 11.4 Å². The van der Waals surface area contributed by atoms with Crippen LogP contribution in [0, 0.1) is 0 Å². The summed E-state index contributed by atoms with van der Waals surface area (Å²) in [7, 11) is 0. The number of carbonyl (C=O) groups is 5. The van der Waals surface area contributed by atoms with E-state index in [1.165, 1.54) is 25.1 Å². The van der Waals surface area contributed by atoms with Gasteiger partial charge in [0.25, 0.3) is 17.7 Å². The predicted molar refractivity (Wildman–Crippen MR) is 121 cm³/mol. The molecule has 2 aromatic carbocycles. The Hall–Kier alpha value is -4.01. The number of fused-ring (bicyclic) bond motifs is 1. The van der Waals surface area contributed by atoms with E-state index in [-0.39, 0.29) is 28.6 Å². The van der Waals surface area contributed by atoms with Crippen molar-refractivity contribution in [3.63, 3.8) is 0 Å². The zero-order valence-electron chi connectivity index (χ0n) is 18.6. The van der Waals surface area contributed by atoms with Gasteiger partial charge in [-0.25, -0.2) is 9.69 Å². The lowest BCUT2D eigenvalue weighted by molar-refractivity contribution is -0.125. The van der Waals surface area contributed by atoms with Gasteiger partial charge in [-0.1, -0.05) is 13.8 Å². The van der Waals surface area contributed by atoms with Crippen LogP contribution in [-0.2, 0) is 14.3 Å². The lowest BCUT2D eigenvalue weighted by atomic mass is 10.1. The molecule has 0 atom stereocenters. The molecule has 172 valence electrons. The SMILES string of the molecule is CCC(CC)NC(=O)COC(=O)c1ccc2c(c1)C(=O)N(c1ccc(NC(C)=O)cc1)C2=O. The van der Waals surface area contributed by atoms with Crippen molar-refractivity contribution in [3.05, 3.63) is 59.2 Å². The average molecular weight is 451 g/mol. The Morgan fingerprint density at radius 2 is 1.58 bits per heavy atom. The fourth-order valence-electron chi connectivity index (χ4n) is 3.48. The second-order valence-electron chi connectivity index (χ2n) is 7.59. The fraction of sp³-hybridized carbons (Fsp3) is 0.292. The first-order chi connectivity index (χ1) is 15.7. The number of amides is 4. The number of imide groups is 1. The van der Waals surface area contributed by atoms with Crippen LogP contribution in [0.2, 0.25) is 0 Å². The summed E-state index contributed by atoms with van der Waals surface area (Å²) in [5.74, 6) is -2.51. The van der Waals surface area contributed by atoms with Crippen LogP contribution in [0.25, 0.3) is 0 Å². The fourth-order valence-corrected chi connectivity index (χ4v) is 3.48. The van der Waals surface area contributed by atoms with Gasteiger partial charge in [-0.05, 0) is 55.3 Å². The Morgan fingerprint density at radius 1 is 0.939 bits per heavy atom. The van der Waals surface area contributed by atoms with Crippen molar-refractivity contribution in [1.29, 1.82) is 0 Å². The molecule has 0 fully saturated rings. The van der Waals surface area contributed by atoms with Gasteiger partial charge in [0.1, 0.15) is 0 Å². The van der Waals surface area contributed by atoms with Gasteiger partial charge in [-0.15, -0.1) is 0 Å². The molecule has 0 unspecified atom stereocenters.